The van der Waals surface area contributed by atoms with Crippen LogP contribution in [-0.2, 0) is 13.1 Å². The van der Waals surface area contributed by atoms with Crippen molar-refractivity contribution >= 4 is 11.6 Å². The van der Waals surface area contributed by atoms with Crippen LogP contribution in [0.2, 0.25) is 5.02 Å². The molecule has 7 heteroatoms. The van der Waals surface area contributed by atoms with Crippen LogP contribution < -0.4 is 0 Å². The van der Waals surface area contributed by atoms with Gasteiger partial charge in [0.1, 0.15) is 11.6 Å². The maximum Gasteiger partial charge on any atom is 0.151 e. The highest BCUT2D eigenvalue weighted by Gasteiger charge is 2.32. The van der Waals surface area contributed by atoms with Gasteiger partial charge in [-0.1, -0.05) is 11.6 Å². The molecule has 162 valence electrons. The second kappa shape index (κ2) is 8.32. The lowest BCUT2D eigenvalue weighted by Crippen LogP contribution is -2.29. The Morgan fingerprint density at radius 2 is 1.81 bits per heavy atom. The summed E-state index contributed by atoms with van der Waals surface area (Å²) in [5.41, 5.74) is 2.93. The normalized spacial score (nSPS) is 21.6. The highest BCUT2D eigenvalue weighted by atomic mass is 35.5. The van der Waals surface area contributed by atoms with Crippen molar-refractivity contribution in [2.45, 2.75) is 70.5 Å². The Morgan fingerprint density at radius 3 is 2.55 bits per heavy atom. The molecule has 3 aromatic rings. The number of benzene rings is 1. The van der Waals surface area contributed by atoms with Crippen LogP contribution in [0, 0.1) is 5.82 Å². The van der Waals surface area contributed by atoms with Gasteiger partial charge in [0, 0.05) is 35.6 Å². The van der Waals surface area contributed by atoms with Crippen molar-refractivity contribution in [3.8, 4) is 5.69 Å². The monoisotopic (exact) mass is 439 g/mol. The van der Waals surface area contributed by atoms with Crippen molar-refractivity contribution in [3.05, 3.63) is 70.3 Å². The summed E-state index contributed by atoms with van der Waals surface area (Å²) >= 11 is 6.34. The molecule has 1 aromatic carbocycles. The molecule has 0 atom stereocenters. The molecule has 2 aromatic heterocycles. The third kappa shape index (κ3) is 3.87. The van der Waals surface area contributed by atoms with Crippen LogP contribution in [0.1, 0.15) is 74.3 Å². The molecule has 0 bridgehead atoms. The van der Waals surface area contributed by atoms with E-state index in [0.717, 1.165) is 61.1 Å². The summed E-state index contributed by atoms with van der Waals surface area (Å²) in [7, 11) is 0. The van der Waals surface area contributed by atoms with E-state index in [9.17, 15) is 4.39 Å². The summed E-state index contributed by atoms with van der Waals surface area (Å²) in [6, 6.07) is 9.65. The molecule has 2 aliphatic rings. The van der Waals surface area contributed by atoms with E-state index in [0.29, 0.717) is 17.7 Å². The maximum atomic E-state index is 14.2. The molecule has 3 heterocycles. The molecule has 0 radical (unpaired) electrons. The zero-order valence-electron chi connectivity index (χ0n) is 17.9. The molecule has 0 saturated heterocycles. The fraction of sp³-hybridized carbons (Fsp3) is 0.458. The van der Waals surface area contributed by atoms with Gasteiger partial charge in [0.15, 0.2) is 5.82 Å². The molecule has 0 amide bonds. The lowest BCUT2D eigenvalue weighted by molar-refractivity contribution is 0.201. The van der Waals surface area contributed by atoms with Crippen LogP contribution in [0.4, 0.5) is 4.39 Å². The van der Waals surface area contributed by atoms with Crippen molar-refractivity contribution in [3.63, 3.8) is 0 Å². The predicted octanol–water partition coefficient (Wildman–Crippen LogP) is 5.62. The highest BCUT2D eigenvalue weighted by molar-refractivity contribution is 6.30. The van der Waals surface area contributed by atoms with Crippen molar-refractivity contribution in [1.29, 1.82) is 0 Å². The number of hydrogen-bond donors (Lipinski definition) is 0. The largest absolute Gasteiger partial charge is 0.289 e. The zero-order chi connectivity index (χ0) is 21.5. The molecule has 31 heavy (non-hydrogen) atoms. The van der Waals surface area contributed by atoms with Crippen molar-refractivity contribution < 1.29 is 4.39 Å². The number of nitrogens with zero attached hydrogens (tertiary/aromatic N) is 5. The predicted molar refractivity (Wildman–Crippen MR) is 119 cm³/mol. The molecule has 5 rings (SSSR count). The Bertz CT molecular complexity index is 1090. The zero-order valence-corrected chi connectivity index (χ0v) is 18.7. The maximum absolute atomic E-state index is 14.2. The van der Waals surface area contributed by atoms with Gasteiger partial charge in [-0.05, 0) is 75.4 Å². The molecule has 1 aliphatic heterocycles. The molecule has 0 spiro atoms. The van der Waals surface area contributed by atoms with Crippen LogP contribution in [0.25, 0.3) is 5.69 Å². The fourth-order valence-electron chi connectivity index (χ4n) is 5.00. The van der Waals surface area contributed by atoms with Gasteiger partial charge in [-0.2, -0.15) is 0 Å². The van der Waals surface area contributed by atoms with E-state index in [2.05, 4.69) is 50.6 Å². The summed E-state index contributed by atoms with van der Waals surface area (Å²) in [6.07, 6.45) is 5.41. The Kier molecular flexibility index (Phi) is 5.52. The van der Waals surface area contributed by atoms with Gasteiger partial charge >= 0.3 is 0 Å². The summed E-state index contributed by atoms with van der Waals surface area (Å²) in [6.45, 7) is 6.00. The third-order valence-electron chi connectivity index (χ3n) is 6.75. The van der Waals surface area contributed by atoms with E-state index in [-0.39, 0.29) is 11.7 Å². The molecular formula is C24H27ClFN5. The fourth-order valence-corrected chi connectivity index (χ4v) is 5.20. The minimum atomic E-state index is -0.193. The van der Waals surface area contributed by atoms with Crippen molar-refractivity contribution in [2.75, 3.05) is 0 Å². The Labute approximate surface area is 187 Å². The average Bonchev–Trinajstić information content (AvgIpc) is 3.10. The SMILES string of the molecule is CC(C)N1Cc2cc(Cl)ccc2-n2c(nnc2C2CCC(c3ncccc3F)CC2)C1. The van der Waals surface area contributed by atoms with E-state index in [1.54, 1.807) is 12.3 Å². The Morgan fingerprint density at radius 1 is 1.03 bits per heavy atom. The van der Waals surface area contributed by atoms with Gasteiger partial charge in [0.05, 0.1) is 17.9 Å². The third-order valence-corrected chi connectivity index (χ3v) is 6.99. The summed E-state index contributed by atoms with van der Waals surface area (Å²) in [5.74, 6) is 2.28. The van der Waals surface area contributed by atoms with E-state index in [1.165, 1.54) is 11.6 Å². The summed E-state index contributed by atoms with van der Waals surface area (Å²) < 4.78 is 16.5. The van der Waals surface area contributed by atoms with Crippen LogP contribution in [-0.4, -0.2) is 30.7 Å². The molecule has 5 nitrogen and oxygen atoms in total. The van der Waals surface area contributed by atoms with E-state index < -0.39 is 0 Å². The highest BCUT2D eigenvalue weighted by Crippen LogP contribution is 2.41. The smallest absolute Gasteiger partial charge is 0.151 e. The standard InChI is InChI=1S/C24H27ClFN5/c1-15(2)30-13-18-12-19(25)9-10-21(18)31-22(14-30)28-29-24(31)17-7-5-16(6-8-17)23-20(26)4-3-11-27-23/h3-4,9-12,15-17H,5-8,13-14H2,1-2H3. The first kappa shape index (κ1) is 20.6. The lowest BCUT2D eigenvalue weighted by Gasteiger charge is -2.28. The molecule has 0 N–H and O–H groups in total. The Hall–Kier alpha value is -2.31. The van der Waals surface area contributed by atoms with E-state index in [1.807, 2.05) is 6.07 Å². The van der Waals surface area contributed by atoms with Gasteiger partial charge < -0.3 is 0 Å². The Balaban J connectivity index is 1.46. The van der Waals surface area contributed by atoms with Crippen LogP contribution >= 0.6 is 11.6 Å². The molecule has 1 saturated carbocycles. The summed E-state index contributed by atoms with van der Waals surface area (Å²) in [5, 5.41) is 10.0. The number of fused-ring (bicyclic) bond motifs is 3. The van der Waals surface area contributed by atoms with Gasteiger partial charge in [0.25, 0.3) is 0 Å². The topological polar surface area (TPSA) is 46.8 Å². The van der Waals surface area contributed by atoms with E-state index in [4.69, 9.17) is 11.6 Å². The van der Waals surface area contributed by atoms with E-state index >= 15 is 0 Å². The number of aromatic nitrogens is 4. The first-order valence-corrected chi connectivity index (χ1v) is 11.5. The van der Waals surface area contributed by atoms with Gasteiger partial charge in [-0.3, -0.25) is 14.5 Å². The lowest BCUT2D eigenvalue weighted by atomic mass is 9.79. The number of halogens is 2. The number of rotatable bonds is 3. The minimum absolute atomic E-state index is 0.173. The molecule has 1 aliphatic carbocycles. The van der Waals surface area contributed by atoms with Gasteiger partial charge in [-0.25, -0.2) is 4.39 Å². The van der Waals surface area contributed by atoms with Gasteiger partial charge in [-0.15, -0.1) is 10.2 Å². The molecular weight excluding hydrogens is 413 g/mol. The second-order valence-corrected chi connectivity index (χ2v) is 9.44. The van der Waals surface area contributed by atoms with Crippen LogP contribution in [0.3, 0.4) is 0 Å². The van der Waals surface area contributed by atoms with Crippen LogP contribution in [0.15, 0.2) is 36.5 Å². The van der Waals surface area contributed by atoms with Crippen molar-refractivity contribution in [1.82, 2.24) is 24.6 Å². The molecule has 1 fully saturated rings. The number of pyridine rings is 1. The van der Waals surface area contributed by atoms with Crippen LogP contribution in [0.5, 0.6) is 0 Å². The number of hydrogen-bond acceptors (Lipinski definition) is 4. The average molecular weight is 440 g/mol. The first-order valence-electron chi connectivity index (χ1n) is 11.1. The van der Waals surface area contributed by atoms with Crippen molar-refractivity contribution in [2.24, 2.45) is 0 Å². The second-order valence-electron chi connectivity index (χ2n) is 9.00. The quantitative estimate of drug-likeness (QED) is 0.531. The molecule has 0 unspecified atom stereocenters. The summed E-state index contributed by atoms with van der Waals surface area (Å²) in [4.78, 5) is 6.70. The minimum Gasteiger partial charge on any atom is -0.289 e. The first-order chi connectivity index (χ1) is 15.0. The van der Waals surface area contributed by atoms with Gasteiger partial charge in [0.2, 0.25) is 0 Å².